The fourth-order valence-electron chi connectivity index (χ4n) is 14.1. The van der Waals surface area contributed by atoms with Gasteiger partial charge in [-0.25, -0.2) is 0 Å². The molecular weight excluding hydrogens is 1290 g/mol. The van der Waals surface area contributed by atoms with Gasteiger partial charge in [-0.2, -0.15) is 35.9 Å². The average Bonchev–Trinajstić information content (AvgIpc) is 1.24. The fraction of sp³-hybridized carbons (Fsp3) is 0.427. The summed E-state index contributed by atoms with van der Waals surface area (Å²) in [5, 5.41) is 49.2. The molecule has 3 N–H and O–H groups in total. The Labute approximate surface area is 606 Å². The van der Waals surface area contributed by atoms with Gasteiger partial charge in [-0.05, 0) is 136 Å². The zero-order valence-corrected chi connectivity index (χ0v) is 64.4. The molecule has 15 rings (SSSR count). The molecule has 4 unspecified atom stereocenters. The minimum Gasteiger partial charge on any atom is -0.543 e. The zero-order valence-electron chi connectivity index (χ0n) is 61.4. The van der Waals surface area contributed by atoms with Gasteiger partial charge in [-0.3, -0.25) is 9.59 Å². The minimum absolute atomic E-state index is 0. The molecule has 0 spiro atoms. The number of carbonyl (C=O) groups excluding carboxylic acids is 2. The number of carbonyl (C=O) groups is 2. The number of ketones is 2. The van der Waals surface area contributed by atoms with Crippen LogP contribution in [0.25, 0.3) is 33.8 Å². The monoisotopic (exact) mass is 1390 g/mol. The van der Waals surface area contributed by atoms with Crippen LogP contribution in [0.5, 0.6) is 17.2 Å². The maximum absolute atomic E-state index is 14.3. The molecule has 0 fully saturated rings. The first-order valence-electron chi connectivity index (χ1n) is 34.7. The molecule has 6 aliphatic rings. The number of hydrogen-bond acceptors (Lipinski definition) is 14. The van der Waals surface area contributed by atoms with E-state index in [0.717, 1.165) is 64.3 Å². The smallest absolute Gasteiger partial charge is 0.543 e. The van der Waals surface area contributed by atoms with Crippen LogP contribution in [0.1, 0.15) is 196 Å². The summed E-state index contributed by atoms with van der Waals surface area (Å²) in [4.78, 5) is 27.5. The summed E-state index contributed by atoms with van der Waals surface area (Å²) in [5.41, 5.74) is 7.81. The van der Waals surface area contributed by atoms with Gasteiger partial charge in [-0.1, -0.05) is 188 Å². The molecule has 6 aliphatic carbocycles. The number of aryl methyl sites for hydroxylation is 6. The number of benzene rings is 6. The molecule has 0 saturated heterocycles. The number of hydrogen-bond donors (Lipinski definition) is 3. The van der Waals surface area contributed by atoms with Crippen molar-refractivity contribution in [2.75, 3.05) is 0 Å². The average molecular weight is 1390 g/mol. The molecule has 18 heteroatoms. The summed E-state index contributed by atoms with van der Waals surface area (Å²) in [6, 6.07) is 44.0. The number of aliphatic hydroxyl groups is 3. The summed E-state index contributed by atoms with van der Waals surface area (Å²) in [5.74, 6) is 4.07. The molecule has 0 radical (unpaired) electrons. The van der Waals surface area contributed by atoms with Crippen molar-refractivity contribution in [2.24, 2.45) is 0 Å². The van der Waals surface area contributed by atoms with Gasteiger partial charge in [-0.15, -0.1) is 0 Å². The van der Waals surface area contributed by atoms with Crippen LogP contribution in [0.4, 0.5) is 0 Å². The van der Waals surface area contributed by atoms with E-state index in [4.69, 9.17) is 26.8 Å². The summed E-state index contributed by atoms with van der Waals surface area (Å²) in [6.45, 7) is 39.2. The van der Waals surface area contributed by atoms with Crippen LogP contribution < -0.4 is 32.1 Å². The Morgan fingerprint density at radius 1 is 0.460 bits per heavy atom. The van der Waals surface area contributed by atoms with Crippen LogP contribution in [0, 0.1) is 26.8 Å². The van der Waals surface area contributed by atoms with Gasteiger partial charge in [0.15, 0.2) is 17.2 Å². The molecule has 9 aromatic rings. The quantitative estimate of drug-likeness (QED) is 0.0958. The first-order chi connectivity index (χ1) is 45.9. The SMILES string of the molecule is C.CC(C)(C)[Si](C)(C)Oc1cccc2c1-c1noc3c1C(O)(CCC3)C2=O.Cc1cc[c-]cc1.Cc1ccc(C2(O)c3cccc(O[Si](C)(C)C(C)(C)C)c3-c3noc4c3C2(O)CCC4)cc1.Cc1ccc(C23CCCc4onc(c42)-c2c(O[Si](C)(C)C(C)(C)C)cccc2C3=O)cc1.[Li+]. The number of Topliss-reactive ketones (excluding diaryl/α,β-unsaturated/α-hetero) is 2. The third-order valence-electron chi connectivity index (χ3n) is 22.8. The van der Waals surface area contributed by atoms with Crippen molar-refractivity contribution in [1.29, 1.82) is 0 Å². The predicted molar refractivity (Wildman–Crippen MR) is 397 cm³/mol. The Balaban J connectivity index is 0.000000153. The van der Waals surface area contributed by atoms with Crippen LogP contribution in [-0.2, 0) is 41.5 Å². The minimum atomic E-state index is -2.19. The maximum Gasteiger partial charge on any atom is 1.00 e. The van der Waals surface area contributed by atoms with E-state index in [2.05, 4.69) is 161 Å². The van der Waals surface area contributed by atoms with Crippen molar-refractivity contribution in [1.82, 2.24) is 15.5 Å². The Kier molecular flexibility index (Phi) is 20.3. The van der Waals surface area contributed by atoms with Crippen LogP contribution in [0.15, 0.2) is 141 Å². The van der Waals surface area contributed by atoms with E-state index in [1.165, 1.54) is 11.1 Å². The molecule has 0 amide bonds. The summed E-state index contributed by atoms with van der Waals surface area (Å²) in [6.07, 6.45) is 6.10. The van der Waals surface area contributed by atoms with E-state index < -0.39 is 47.2 Å². The molecule has 522 valence electrons. The van der Waals surface area contributed by atoms with E-state index in [0.29, 0.717) is 112 Å². The normalized spacial score (nSPS) is 20.7. The number of fused-ring (bicyclic) bond motifs is 6. The van der Waals surface area contributed by atoms with E-state index in [1.807, 2.05) is 104 Å². The predicted octanol–water partition coefficient (Wildman–Crippen LogP) is 16.5. The molecule has 4 atom stereocenters. The molecule has 100 heavy (non-hydrogen) atoms. The van der Waals surface area contributed by atoms with Gasteiger partial charge in [0, 0.05) is 41.5 Å². The van der Waals surface area contributed by atoms with Gasteiger partial charge in [0.25, 0.3) is 25.0 Å². The molecule has 0 bridgehead atoms. The second kappa shape index (κ2) is 26.9. The second-order valence-corrected chi connectivity index (χ2v) is 46.7. The summed E-state index contributed by atoms with van der Waals surface area (Å²) < 4.78 is 37.1. The van der Waals surface area contributed by atoms with Crippen molar-refractivity contribution < 1.29 is 70.6 Å². The van der Waals surface area contributed by atoms with Gasteiger partial charge in [0.05, 0.1) is 33.2 Å². The first-order valence-corrected chi connectivity index (χ1v) is 43.4. The topological polar surface area (TPSA) is 201 Å². The third-order valence-corrected chi connectivity index (χ3v) is 35.9. The van der Waals surface area contributed by atoms with Crippen molar-refractivity contribution in [3.8, 4) is 51.0 Å². The van der Waals surface area contributed by atoms with E-state index in [-0.39, 0.29) is 53.0 Å². The van der Waals surface area contributed by atoms with Gasteiger partial charge >= 0.3 is 18.9 Å². The van der Waals surface area contributed by atoms with Gasteiger partial charge < -0.3 is 42.2 Å². The molecule has 0 aliphatic heterocycles. The van der Waals surface area contributed by atoms with Crippen molar-refractivity contribution in [3.63, 3.8) is 0 Å². The Morgan fingerprint density at radius 2 is 0.840 bits per heavy atom. The van der Waals surface area contributed by atoms with Crippen molar-refractivity contribution in [3.05, 3.63) is 212 Å². The molecule has 6 aromatic carbocycles. The van der Waals surface area contributed by atoms with E-state index in [1.54, 1.807) is 6.07 Å². The van der Waals surface area contributed by atoms with Crippen LogP contribution in [0.2, 0.25) is 54.4 Å². The Hall–Kier alpha value is -7.18. The molecular formula is C82H100LiN3O11Si3. The van der Waals surface area contributed by atoms with E-state index >= 15 is 0 Å². The van der Waals surface area contributed by atoms with Crippen LogP contribution >= 0.6 is 0 Å². The van der Waals surface area contributed by atoms with Crippen molar-refractivity contribution in [2.45, 2.75) is 225 Å². The third kappa shape index (κ3) is 12.5. The number of aromatic nitrogens is 3. The zero-order chi connectivity index (χ0) is 70.7. The standard InChI is InChI=1S/C27H33NO4Si.C27H31NO3Si.C20H25NO4Si.C7H7.CH4.Li/c1-17-12-14-18(15-13-17)27(30)19-9-7-10-20(32-33(5,6)25(2,3)4)22(19)24-23-21(31-28-24)11-8-16-26(23,27)29;1-17-12-14-18(15-13-17)27-16-8-11-21-23(27)24(28-30-21)22-19(25(27)29)9-7-10-20(22)31-32(5,6)26(2,3)4;1-19(2,3)26(4,5)25-13-9-6-8-12-15(13)17-16-14(24-21-17)10-7-11-20(16,23)18(12)22;1-7-5-3-2-4-6-7;;/h7,9-10,12-15,29-30H,8,11,16H2,1-6H3;7,9-10,12-15H,8,11,16H2,1-6H3;6,8-9,23H,7,10-11H2,1-5H3;3-6H,1H3;1H4;/q;;;-1;;+1. The fourth-order valence-corrected chi connectivity index (χ4v) is 17.2. The molecule has 3 aromatic heterocycles. The van der Waals surface area contributed by atoms with E-state index in [9.17, 15) is 24.9 Å². The Morgan fingerprint density at radius 3 is 1.30 bits per heavy atom. The van der Waals surface area contributed by atoms with Crippen molar-refractivity contribution >= 4 is 36.5 Å². The maximum atomic E-state index is 14.3. The molecule has 0 saturated carbocycles. The largest absolute Gasteiger partial charge is 1.00 e. The van der Waals surface area contributed by atoms with Crippen LogP contribution in [0.3, 0.4) is 0 Å². The summed E-state index contributed by atoms with van der Waals surface area (Å²) in [7, 11) is -6.40. The first kappa shape index (κ1) is 75.5. The van der Waals surface area contributed by atoms with Gasteiger partial charge in [0.1, 0.15) is 62.8 Å². The number of rotatable bonds is 8. The number of nitrogens with zero attached hydrogens (tertiary/aromatic N) is 3. The molecule has 3 heterocycles. The summed E-state index contributed by atoms with van der Waals surface area (Å²) >= 11 is 0. The van der Waals surface area contributed by atoms with Gasteiger partial charge in [0.2, 0.25) is 0 Å². The Bertz CT molecular complexity index is 4530. The van der Waals surface area contributed by atoms with Crippen LogP contribution in [-0.4, -0.2) is 67.3 Å². The molecule has 14 nitrogen and oxygen atoms in total. The second-order valence-electron chi connectivity index (χ2n) is 32.5.